The molecule has 0 radical (unpaired) electrons. The second kappa shape index (κ2) is 6.36. The predicted octanol–water partition coefficient (Wildman–Crippen LogP) is 2.43. The molecule has 26 heavy (non-hydrogen) atoms. The van der Waals surface area contributed by atoms with Crippen molar-refractivity contribution in [1.29, 1.82) is 0 Å². The largest absolute Gasteiger partial charge is 0.409 e. The molecule has 0 saturated carbocycles. The third-order valence-electron chi connectivity index (χ3n) is 4.49. The van der Waals surface area contributed by atoms with Gasteiger partial charge in [-0.05, 0) is 18.4 Å². The Morgan fingerprint density at radius 1 is 1.08 bits per heavy atom. The number of aromatic nitrogens is 2. The second-order valence-corrected chi connectivity index (χ2v) is 6.06. The van der Waals surface area contributed by atoms with Gasteiger partial charge in [0.05, 0.1) is 17.6 Å². The van der Waals surface area contributed by atoms with E-state index >= 15 is 0 Å². The number of benzene rings is 2. The van der Waals surface area contributed by atoms with E-state index in [0.717, 1.165) is 46.5 Å². The lowest BCUT2D eigenvalue weighted by Gasteiger charge is -2.06. The summed E-state index contributed by atoms with van der Waals surface area (Å²) in [6, 6.07) is 15.5. The van der Waals surface area contributed by atoms with Gasteiger partial charge in [0.1, 0.15) is 0 Å². The number of nitrogen functional groups attached to an aromatic ring is 1. The van der Waals surface area contributed by atoms with E-state index in [9.17, 15) is 0 Å². The van der Waals surface area contributed by atoms with Gasteiger partial charge >= 0.3 is 0 Å². The van der Waals surface area contributed by atoms with Crippen molar-refractivity contribution in [2.45, 2.75) is 12.8 Å². The molecule has 1 aliphatic rings. The van der Waals surface area contributed by atoms with Gasteiger partial charge in [0.15, 0.2) is 5.84 Å². The number of oxime groups is 1. The summed E-state index contributed by atoms with van der Waals surface area (Å²) in [7, 11) is 0. The lowest BCUT2D eigenvalue weighted by Crippen LogP contribution is -2.15. The number of hydrogen-bond acceptors (Lipinski definition) is 5. The Balaban J connectivity index is 1.74. The maximum Gasteiger partial charge on any atom is 0.221 e. The molecule has 0 fully saturated rings. The first-order valence-electron chi connectivity index (χ1n) is 8.25. The van der Waals surface area contributed by atoms with Crippen molar-refractivity contribution in [2.75, 3.05) is 5.73 Å². The highest BCUT2D eigenvalue weighted by molar-refractivity contribution is 6.09. The molecule has 4 rings (SSSR count). The topological polar surface area (TPSA) is 115 Å². The summed E-state index contributed by atoms with van der Waals surface area (Å²) in [5, 5.41) is 16.8. The average Bonchev–Trinajstić information content (AvgIpc) is 3.26. The zero-order chi connectivity index (χ0) is 18.1. The van der Waals surface area contributed by atoms with Crippen LogP contribution in [0.15, 0.2) is 65.0 Å². The van der Waals surface area contributed by atoms with Crippen LogP contribution in [-0.2, 0) is 6.42 Å². The maximum absolute atomic E-state index is 8.97. The molecule has 130 valence electrons. The van der Waals surface area contributed by atoms with Gasteiger partial charge in [0, 0.05) is 16.7 Å². The maximum atomic E-state index is 8.97. The first kappa shape index (κ1) is 15.9. The van der Waals surface area contributed by atoms with Crippen molar-refractivity contribution >= 4 is 17.5 Å². The molecule has 0 spiro atoms. The highest BCUT2D eigenvalue weighted by atomic mass is 16.4. The van der Waals surface area contributed by atoms with Crippen LogP contribution in [0.1, 0.15) is 23.1 Å². The van der Waals surface area contributed by atoms with Gasteiger partial charge in [0.25, 0.3) is 0 Å². The number of anilines is 1. The fraction of sp³-hybridized carbons (Fsp3) is 0.105. The van der Waals surface area contributed by atoms with Crippen molar-refractivity contribution in [3.05, 3.63) is 71.4 Å². The van der Waals surface area contributed by atoms with Crippen molar-refractivity contribution in [2.24, 2.45) is 16.0 Å². The van der Waals surface area contributed by atoms with Gasteiger partial charge in [-0.3, -0.25) is 0 Å². The third-order valence-corrected chi connectivity index (χ3v) is 4.49. The number of imidazole rings is 1. The van der Waals surface area contributed by atoms with Crippen LogP contribution >= 0.6 is 0 Å². The number of nitrogens with zero attached hydrogens (tertiary/aromatic N) is 4. The summed E-state index contributed by atoms with van der Waals surface area (Å²) in [6.45, 7) is 0. The number of hydrogen-bond donors (Lipinski definition) is 3. The van der Waals surface area contributed by atoms with E-state index in [2.05, 4.69) is 15.2 Å². The van der Waals surface area contributed by atoms with Crippen LogP contribution in [0.3, 0.4) is 0 Å². The van der Waals surface area contributed by atoms with E-state index in [-0.39, 0.29) is 5.84 Å². The van der Waals surface area contributed by atoms with Crippen molar-refractivity contribution in [3.8, 4) is 11.3 Å². The molecule has 1 aliphatic carbocycles. The summed E-state index contributed by atoms with van der Waals surface area (Å²) >= 11 is 0. The highest BCUT2D eigenvalue weighted by Gasteiger charge is 2.22. The molecule has 1 heterocycles. The van der Waals surface area contributed by atoms with Crippen molar-refractivity contribution < 1.29 is 5.21 Å². The van der Waals surface area contributed by atoms with E-state index in [1.165, 1.54) is 0 Å². The monoisotopic (exact) mass is 346 g/mol. The van der Waals surface area contributed by atoms with E-state index < -0.39 is 0 Å². The second-order valence-electron chi connectivity index (χ2n) is 6.06. The van der Waals surface area contributed by atoms with Crippen LogP contribution in [0.25, 0.3) is 11.3 Å². The zero-order valence-electron chi connectivity index (χ0n) is 14.0. The quantitative estimate of drug-likeness (QED) is 0.292. The predicted molar refractivity (Wildman–Crippen MR) is 101 cm³/mol. The molecule has 7 nitrogen and oxygen atoms in total. The van der Waals surface area contributed by atoms with Crippen LogP contribution < -0.4 is 11.5 Å². The lowest BCUT2D eigenvalue weighted by atomic mass is 10.0. The molecule has 0 aliphatic heterocycles. The molecule has 7 heteroatoms. The summed E-state index contributed by atoms with van der Waals surface area (Å²) in [5.74, 6) is 0.439. The van der Waals surface area contributed by atoms with Crippen LogP contribution in [0, 0.1) is 0 Å². The molecular weight excluding hydrogens is 328 g/mol. The minimum Gasteiger partial charge on any atom is -0.409 e. The normalized spacial score (nSPS) is 15.4. The van der Waals surface area contributed by atoms with Gasteiger partial charge in [0.2, 0.25) is 5.95 Å². The first-order chi connectivity index (χ1) is 12.7. The van der Waals surface area contributed by atoms with E-state index in [1.807, 2.05) is 54.7 Å². The number of nitrogens with two attached hydrogens (primary N) is 2. The Hall–Kier alpha value is -3.61. The molecule has 0 bridgehead atoms. The van der Waals surface area contributed by atoms with Gasteiger partial charge in [-0.1, -0.05) is 53.7 Å². The Morgan fingerprint density at radius 3 is 2.65 bits per heavy atom. The number of fused-ring (bicyclic) bond motifs is 1. The average molecular weight is 346 g/mol. The van der Waals surface area contributed by atoms with E-state index in [4.69, 9.17) is 16.7 Å². The molecule has 0 saturated heterocycles. The fourth-order valence-electron chi connectivity index (χ4n) is 3.25. The van der Waals surface area contributed by atoms with Crippen LogP contribution in [0.2, 0.25) is 0 Å². The van der Waals surface area contributed by atoms with E-state index in [0.29, 0.717) is 5.95 Å². The SMILES string of the molecule is N/C(=N\O)c1cccc2c1CCC2=Nn1cc(-c2ccccc2)nc1N. The van der Waals surface area contributed by atoms with Gasteiger partial charge < -0.3 is 16.7 Å². The number of rotatable bonds is 3. The summed E-state index contributed by atoms with van der Waals surface area (Å²) in [4.78, 5) is 4.40. The lowest BCUT2D eigenvalue weighted by molar-refractivity contribution is 0.318. The van der Waals surface area contributed by atoms with E-state index in [1.54, 1.807) is 4.68 Å². The van der Waals surface area contributed by atoms with Gasteiger partial charge in [-0.15, -0.1) is 0 Å². The minimum atomic E-state index is 0.108. The molecule has 0 amide bonds. The zero-order valence-corrected chi connectivity index (χ0v) is 14.0. The molecule has 0 unspecified atom stereocenters. The standard InChI is InChI=1S/C19H18N6O/c20-18(24-26)15-8-4-7-14-13(15)9-10-16(14)23-25-11-17(22-19(25)21)12-5-2-1-3-6-12/h1-8,11,26H,9-10H2,(H2,20,24)(H2,21,22). The minimum absolute atomic E-state index is 0.108. The Bertz CT molecular complexity index is 1020. The smallest absolute Gasteiger partial charge is 0.221 e. The molecule has 0 atom stereocenters. The summed E-state index contributed by atoms with van der Waals surface area (Å²) in [5.41, 5.74) is 17.2. The van der Waals surface area contributed by atoms with Gasteiger partial charge in [-0.2, -0.15) is 5.10 Å². The Kier molecular flexibility index (Phi) is 3.89. The van der Waals surface area contributed by atoms with Crippen molar-refractivity contribution in [3.63, 3.8) is 0 Å². The Morgan fingerprint density at radius 2 is 1.88 bits per heavy atom. The van der Waals surface area contributed by atoms with Gasteiger partial charge in [-0.25, -0.2) is 9.66 Å². The molecule has 1 aromatic heterocycles. The summed E-state index contributed by atoms with van der Waals surface area (Å²) < 4.78 is 1.60. The fourth-order valence-corrected chi connectivity index (χ4v) is 3.25. The molecular formula is C19H18N6O. The Labute approximate surface area is 150 Å². The number of amidine groups is 1. The molecule has 2 aromatic carbocycles. The molecule has 5 N–H and O–H groups in total. The van der Waals surface area contributed by atoms with Crippen LogP contribution in [-0.4, -0.2) is 26.4 Å². The van der Waals surface area contributed by atoms with Crippen molar-refractivity contribution in [1.82, 2.24) is 9.66 Å². The van der Waals surface area contributed by atoms with Crippen LogP contribution in [0.5, 0.6) is 0 Å². The first-order valence-corrected chi connectivity index (χ1v) is 8.25. The highest BCUT2D eigenvalue weighted by Crippen LogP contribution is 2.27. The third kappa shape index (κ3) is 2.69. The molecule has 3 aromatic rings. The summed E-state index contributed by atoms with van der Waals surface area (Å²) in [6.07, 6.45) is 3.35. The van der Waals surface area contributed by atoms with Crippen LogP contribution in [0.4, 0.5) is 5.95 Å².